The largest absolute Gasteiger partial charge is 0.490 e. The molecule has 1 heterocycles. The zero-order chi connectivity index (χ0) is 32.2. The van der Waals surface area contributed by atoms with Crippen LogP contribution < -0.4 is 20.3 Å². The number of amides is 1. The summed E-state index contributed by atoms with van der Waals surface area (Å²) in [4.78, 5) is 36.6. The van der Waals surface area contributed by atoms with Crippen molar-refractivity contribution in [2.45, 2.75) is 84.5 Å². The molecule has 1 amide bonds. The van der Waals surface area contributed by atoms with Gasteiger partial charge in [-0.3, -0.25) is 14.4 Å². The maximum Gasteiger partial charge on any atom is 0.315 e. The van der Waals surface area contributed by atoms with E-state index in [1.807, 2.05) is 6.07 Å². The second-order valence-electron chi connectivity index (χ2n) is 11.9. The number of hydrogen-bond acceptors (Lipinski definition) is 7. The summed E-state index contributed by atoms with van der Waals surface area (Å²) in [7, 11) is 1.65. The predicted octanol–water partition coefficient (Wildman–Crippen LogP) is 5.59. The Morgan fingerprint density at radius 2 is 1.68 bits per heavy atom. The van der Waals surface area contributed by atoms with E-state index in [1.54, 1.807) is 60.0 Å². The highest BCUT2D eigenvalue weighted by Crippen LogP contribution is 2.42. The first-order valence-corrected chi connectivity index (χ1v) is 14.9. The number of rotatable bonds is 10. The first kappa shape index (κ1) is 32.7. The Bertz CT molecular complexity index is 1560. The molecule has 10 heteroatoms. The minimum absolute atomic E-state index is 0.0921. The average molecular weight is 609 g/mol. The van der Waals surface area contributed by atoms with Crippen molar-refractivity contribution in [2.75, 3.05) is 6.61 Å². The maximum atomic E-state index is 14.0. The van der Waals surface area contributed by atoms with Gasteiger partial charge in [0.05, 0.1) is 18.3 Å². The van der Waals surface area contributed by atoms with E-state index in [0.717, 1.165) is 0 Å². The number of halogens is 1. The zero-order valence-corrected chi connectivity index (χ0v) is 26.2. The fraction of sp³-hybridized carbons (Fsp3) is 0.441. The number of nitrogens with zero attached hydrogens (tertiary/aromatic N) is 1. The first-order valence-electron chi connectivity index (χ1n) is 14.9. The normalized spacial score (nSPS) is 16.7. The van der Waals surface area contributed by atoms with Crippen molar-refractivity contribution >= 4 is 11.9 Å². The summed E-state index contributed by atoms with van der Waals surface area (Å²) in [5, 5.41) is 13.7. The monoisotopic (exact) mass is 608 g/mol. The summed E-state index contributed by atoms with van der Waals surface area (Å²) >= 11 is 0. The van der Waals surface area contributed by atoms with Gasteiger partial charge in [0.1, 0.15) is 29.5 Å². The van der Waals surface area contributed by atoms with Gasteiger partial charge in [-0.2, -0.15) is 0 Å². The van der Waals surface area contributed by atoms with Gasteiger partial charge >= 0.3 is 5.97 Å². The number of pyridine rings is 1. The van der Waals surface area contributed by atoms with Gasteiger partial charge in [0, 0.05) is 36.5 Å². The number of aliphatic hydroxyl groups is 1. The fourth-order valence-corrected chi connectivity index (χ4v) is 5.42. The summed E-state index contributed by atoms with van der Waals surface area (Å²) in [6.45, 7) is 8.82. The average Bonchev–Trinajstić information content (AvgIpc) is 2.93. The molecule has 3 aromatic rings. The van der Waals surface area contributed by atoms with Gasteiger partial charge in [0.15, 0.2) is 0 Å². The summed E-state index contributed by atoms with van der Waals surface area (Å²) in [5.41, 5.74) is 1.66. The highest BCUT2D eigenvalue weighted by molar-refractivity contribution is 5.94. The molecule has 0 aliphatic heterocycles. The Kier molecular flexibility index (Phi) is 10.1. The summed E-state index contributed by atoms with van der Waals surface area (Å²) in [5.74, 6) is 0.0567. The van der Waals surface area contributed by atoms with Crippen molar-refractivity contribution in [3.63, 3.8) is 0 Å². The molecule has 2 N–H and O–H groups in total. The van der Waals surface area contributed by atoms with Gasteiger partial charge in [-0.15, -0.1) is 0 Å². The number of nitrogens with one attached hydrogen (secondary N) is 1. The molecule has 0 saturated heterocycles. The topological polar surface area (TPSA) is 116 Å². The van der Waals surface area contributed by atoms with Gasteiger partial charge in [0.25, 0.3) is 5.56 Å². The lowest BCUT2D eigenvalue weighted by molar-refractivity contribution is -0.146. The maximum absolute atomic E-state index is 14.0. The number of carbonyl (C=O) groups is 2. The number of carbonyl (C=O) groups excluding carboxylic acids is 2. The lowest BCUT2D eigenvalue weighted by atomic mass is 9.92. The standard InChI is InChI=1S/C34H41FN2O7/c1-7-42-32(40)18-30(38)36-24-9-11-25(12-10-24)43-29-17-31(39)37(6)19-27(29)26-16-22(34(4,5)41)8-13-28(26)44-33-20(2)14-23(35)15-21(33)3/h8,13-17,19,24-25,41H,7,9-12,18H2,1-6H3,(H,36,38)/t24-,25-. The smallest absolute Gasteiger partial charge is 0.315 e. The van der Waals surface area contributed by atoms with Gasteiger partial charge < -0.3 is 29.2 Å². The van der Waals surface area contributed by atoms with E-state index >= 15 is 0 Å². The second-order valence-corrected chi connectivity index (χ2v) is 11.9. The Hall–Kier alpha value is -4.18. The molecule has 236 valence electrons. The molecule has 1 aromatic heterocycles. The van der Waals surface area contributed by atoms with Gasteiger partial charge in [-0.25, -0.2) is 4.39 Å². The van der Waals surface area contributed by atoms with E-state index in [1.165, 1.54) is 22.8 Å². The molecule has 2 aromatic carbocycles. The number of hydrogen-bond donors (Lipinski definition) is 2. The number of aromatic nitrogens is 1. The van der Waals surface area contributed by atoms with E-state index in [-0.39, 0.29) is 42.5 Å². The summed E-state index contributed by atoms with van der Waals surface area (Å²) < 4.78 is 33.2. The van der Waals surface area contributed by atoms with Crippen LogP contribution in [0.15, 0.2) is 47.4 Å². The Balaban J connectivity index is 1.63. The molecule has 44 heavy (non-hydrogen) atoms. The highest BCUT2D eigenvalue weighted by Gasteiger charge is 2.27. The quantitative estimate of drug-likeness (QED) is 0.228. The lowest BCUT2D eigenvalue weighted by Gasteiger charge is -2.30. The van der Waals surface area contributed by atoms with Crippen LogP contribution in [0, 0.1) is 19.7 Å². The van der Waals surface area contributed by atoms with Crippen LogP contribution >= 0.6 is 0 Å². The molecular formula is C34H41FN2O7. The number of aryl methyl sites for hydroxylation is 3. The van der Waals surface area contributed by atoms with E-state index in [4.69, 9.17) is 14.2 Å². The molecule has 1 saturated carbocycles. The highest BCUT2D eigenvalue weighted by atomic mass is 19.1. The van der Waals surface area contributed by atoms with Crippen LogP contribution in [-0.4, -0.2) is 40.3 Å². The number of benzene rings is 2. The van der Waals surface area contributed by atoms with Gasteiger partial charge in [-0.1, -0.05) is 6.07 Å². The first-order chi connectivity index (χ1) is 20.7. The molecule has 0 bridgehead atoms. The van der Waals surface area contributed by atoms with E-state index in [2.05, 4.69) is 5.32 Å². The Morgan fingerprint density at radius 1 is 1.02 bits per heavy atom. The van der Waals surface area contributed by atoms with Crippen molar-refractivity contribution in [1.29, 1.82) is 0 Å². The zero-order valence-electron chi connectivity index (χ0n) is 26.2. The fourth-order valence-electron chi connectivity index (χ4n) is 5.42. The molecule has 1 fully saturated rings. The molecule has 1 aliphatic carbocycles. The number of esters is 1. The Labute approximate surface area is 257 Å². The van der Waals surface area contributed by atoms with E-state index in [9.17, 15) is 23.9 Å². The minimum atomic E-state index is -1.16. The van der Waals surface area contributed by atoms with E-state index < -0.39 is 11.6 Å². The van der Waals surface area contributed by atoms with Gasteiger partial charge in [-0.05, 0) is 101 Å². The third-order valence-electron chi connectivity index (χ3n) is 7.75. The van der Waals surface area contributed by atoms with Crippen molar-refractivity contribution in [3.8, 4) is 28.4 Å². The van der Waals surface area contributed by atoms with Crippen LogP contribution in [0.5, 0.6) is 17.2 Å². The van der Waals surface area contributed by atoms with Crippen LogP contribution in [-0.2, 0) is 27.0 Å². The SMILES string of the molecule is CCOC(=O)CC(=O)N[C@H]1CC[C@H](Oc2cc(=O)n(C)cc2-c2cc(C(C)(C)O)ccc2Oc2c(C)cc(F)cc2C)CC1. The number of ether oxygens (including phenoxy) is 3. The van der Waals surface area contributed by atoms with Crippen LogP contribution in [0.4, 0.5) is 4.39 Å². The molecule has 4 rings (SSSR count). The van der Waals surface area contributed by atoms with Crippen molar-refractivity contribution in [2.24, 2.45) is 7.05 Å². The molecule has 9 nitrogen and oxygen atoms in total. The van der Waals surface area contributed by atoms with Crippen LogP contribution in [0.25, 0.3) is 11.1 Å². The third-order valence-corrected chi connectivity index (χ3v) is 7.75. The van der Waals surface area contributed by atoms with Crippen LogP contribution in [0.3, 0.4) is 0 Å². The van der Waals surface area contributed by atoms with Crippen LogP contribution in [0.2, 0.25) is 0 Å². The van der Waals surface area contributed by atoms with Crippen molar-refractivity contribution < 1.29 is 33.3 Å². The second kappa shape index (κ2) is 13.6. The minimum Gasteiger partial charge on any atom is -0.490 e. The van der Waals surface area contributed by atoms with Gasteiger partial charge in [0.2, 0.25) is 5.91 Å². The third kappa shape index (κ3) is 8.05. The molecule has 0 spiro atoms. The van der Waals surface area contributed by atoms with Crippen LogP contribution in [0.1, 0.15) is 69.6 Å². The Morgan fingerprint density at radius 3 is 2.30 bits per heavy atom. The molecule has 0 radical (unpaired) electrons. The summed E-state index contributed by atoms with van der Waals surface area (Å²) in [6.07, 6.45) is 3.68. The van der Waals surface area contributed by atoms with E-state index in [0.29, 0.717) is 70.7 Å². The summed E-state index contributed by atoms with van der Waals surface area (Å²) in [6, 6.07) is 9.50. The van der Waals surface area contributed by atoms with Crippen molar-refractivity contribution in [1.82, 2.24) is 9.88 Å². The van der Waals surface area contributed by atoms with Crippen molar-refractivity contribution in [3.05, 3.63) is 75.5 Å². The molecule has 0 unspecified atom stereocenters. The predicted molar refractivity (Wildman–Crippen MR) is 164 cm³/mol. The molecule has 1 aliphatic rings. The lowest BCUT2D eigenvalue weighted by Crippen LogP contribution is -2.40. The molecular weight excluding hydrogens is 567 g/mol. The molecule has 0 atom stereocenters.